The number of hydrogen-bond acceptors (Lipinski definition) is 4. The van der Waals surface area contributed by atoms with Crippen molar-refractivity contribution in [3.05, 3.63) is 29.3 Å². The van der Waals surface area contributed by atoms with Crippen LogP contribution in [0.1, 0.15) is 29.8 Å². The minimum atomic E-state index is -0.591. The molecule has 1 unspecified atom stereocenters. The van der Waals surface area contributed by atoms with Gasteiger partial charge >= 0.3 is 0 Å². The van der Waals surface area contributed by atoms with Gasteiger partial charge in [-0.3, -0.25) is 14.8 Å². The first kappa shape index (κ1) is 13.4. The van der Waals surface area contributed by atoms with E-state index in [1.54, 1.807) is 28.6 Å². The van der Waals surface area contributed by atoms with E-state index in [2.05, 4.69) is 0 Å². The Morgan fingerprint density at radius 2 is 2.21 bits per heavy atom. The van der Waals surface area contributed by atoms with E-state index in [1.165, 1.54) is 6.92 Å². The van der Waals surface area contributed by atoms with E-state index in [-0.39, 0.29) is 12.0 Å². The van der Waals surface area contributed by atoms with Gasteiger partial charge in [0.15, 0.2) is 0 Å². The summed E-state index contributed by atoms with van der Waals surface area (Å²) in [5.74, 6) is -0.0375. The number of ether oxygens (including phenoxy) is 1. The van der Waals surface area contributed by atoms with Gasteiger partial charge in [-0.1, -0.05) is 6.07 Å². The number of nitrogens with zero attached hydrogens (tertiary/aromatic N) is 1. The molecule has 1 atom stereocenters. The minimum Gasteiger partial charge on any atom is -0.488 e. The van der Waals surface area contributed by atoms with E-state index in [0.29, 0.717) is 24.4 Å². The van der Waals surface area contributed by atoms with Gasteiger partial charge in [0.05, 0.1) is 6.54 Å². The third kappa shape index (κ3) is 2.85. The first-order chi connectivity index (χ1) is 9.01. The molecule has 19 heavy (non-hydrogen) atoms. The lowest BCUT2D eigenvalue weighted by Gasteiger charge is -2.20. The lowest BCUT2D eigenvalue weighted by Crippen LogP contribution is -2.34. The largest absolute Gasteiger partial charge is 0.488 e. The van der Waals surface area contributed by atoms with E-state index in [0.717, 1.165) is 5.56 Å². The molecular weight excluding hydrogens is 248 g/mol. The highest BCUT2D eigenvalue weighted by Gasteiger charge is 2.22. The molecule has 102 valence electrons. The van der Waals surface area contributed by atoms with E-state index >= 15 is 0 Å². The first-order valence-corrected chi connectivity index (χ1v) is 6.00. The van der Waals surface area contributed by atoms with Crippen molar-refractivity contribution < 1.29 is 19.5 Å². The van der Waals surface area contributed by atoms with Crippen LogP contribution in [0.2, 0.25) is 0 Å². The summed E-state index contributed by atoms with van der Waals surface area (Å²) in [5, 5.41) is 8.62. The van der Waals surface area contributed by atoms with E-state index < -0.39 is 5.91 Å². The van der Waals surface area contributed by atoms with Crippen molar-refractivity contribution in [2.45, 2.75) is 26.5 Å². The predicted molar refractivity (Wildman–Crippen MR) is 66.9 cm³/mol. The average Bonchev–Trinajstić information content (AvgIpc) is 2.54. The molecule has 0 saturated carbocycles. The number of fused-ring (bicyclic) bond motifs is 1. The molecular formula is C13H16N2O4. The SMILES string of the molecule is CC(=O)N1Cc2ccc(C(=O)NO)cc2OC(C)C1. The van der Waals surface area contributed by atoms with Crippen LogP contribution in [-0.2, 0) is 11.3 Å². The molecule has 1 aliphatic rings. The number of benzene rings is 1. The minimum absolute atomic E-state index is 0.0134. The standard InChI is InChI=1S/C13H16N2O4/c1-8-6-15(9(2)16)7-11-4-3-10(13(17)14-18)5-12(11)19-8/h3-5,8,18H,6-7H2,1-2H3,(H,14,17). The number of carbonyl (C=O) groups excluding carboxylic acids is 2. The van der Waals surface area contributed by atoms with Crippen LogP contribution >= 0.6 is 0 Å². The fourth-order valence-electron chi connectivity index (χ4n) is 2.08. The number of hydroxylamine groups is 1. The summed E-state index contributed by atoms with van der Waals surface area (Å²) in [7, 11) is 0. The molecule has 0 aliphatic carbocycles. The zero-order valence-electron chi connectivity index (χ0n) is 10.8. The Kier molecular flexibility index (Phi) is 3.71. The first-order valence-electron chi connectivity index (χ1n) is 6.00. The second-order valence-corrected chi connectivity index (χ2v) is 4.59. The van der Waals surface area contributed by atoms with Crippen molar-refractivity contribution >= 4 is 11.8 Å². The fourth-order valence-corrected chi connectivity index (χ4v) is 2.08. The number of amides is 2. The van der Waals surface area contributed by atoms with Gasteiger partial charge in [0.1, 0.15) is 11.9 Å². The molecule has 2 N–H and O–H groups in total. The predicted octanol–water partition coefficient (Wildman–Crippen LogP) is 0.935. The number of nitrogens with one attached hydrogen (secondary N) is 1. The van der Waals surface area contributed by atoms with Gasteiger partial charge in [0, 0.05) is 24.6 Å². The monoisotopic (exact) mass is 264 g/mol. The zero-order valence-corrected chi connectivity index (χ0v) is 10.8. The molecule has 0 fully saturated rings. The fraction of sp³-hybridized carbons (Fsp3) is 0.385. The molecule has 1 aromatic carbocycles. The van der Waals surface area contributed by atoms with Gasteiger partial charge in [-0.05, 0) is 19.1 Å². The van der Waals surface area contributed by atoms with Crippen LogP contribution in [0.4, 0.5) is 0 Å². The molecule has 2 rings (SSSR count). The van der Waals surface area contributed by atoms with Crippen LogP contribution in [0.5, 0.6) is 5.75 Å². The van der Waals surface area contributed by atoms with Gasteiger partial charge in [0.2, 0.25) is 5.91 Å². The Hall–Kier alpha value is -2.08. The molecule has 1 aromatic rings. The van der Waals surface area contributed by atoms with Gasteiger partial charge in [0.25, 0.3) is 5.91 Å². The van der Waals surface area contributed by atoms with Gasteiger partial charge < -0.3 is 9.64 Å². The summed E-state index contributed by atoms with van der Waals surface area (Å²) < 4.78 is 5.72. The quantitative estimate of drug-likeness (QED) is 0.584. The van der Waals surface area contributed by atoms with Crippen LogP contribution in [0.25, 0.3) is 0 Å². The molecule has 2 amide bonds. The van der Waals surface area contributed by atoms with Gasteiger partial charge in [-0.15, -0.1) is 0 Å². The van der Waals surface area contributed by atoms with Crippen molar-refractivity contribution in [2.75, 3.05) is 6.54 Å². The highest BCUT2D eigenvalue weighted by Crippen LogP contribution is 2.26. The molecule has 0 radical (unpaired) electrons. The summed E-state index contributed by atoms with van der Waals surface area (Å²) in [6, 6.07) is 4.89. The summed E-state index contributed by atoms with van der Waals surface area (Å²) >= 11 is 0. The van der Waals surface area contributed by atoms with Gasteiger partial charge in [-0.2, -0.15) is 0 Å². The lowest BCUT2D eigenvalue weighted by atomic mass is 10.1. The summed E-state index contributed by atoms with van der Waals surface area (Å²) in [6.07, 6.45) is -0.155. The molecule has 0 saturated heterocycles. The molecule has 0 aromatic heterocycles. The maximum atomic E-state index is 11.5. The number of rotatable bonds is 1. The van der Waals surface area contributed by atoms with E-state index in [9.17, 15) is 9.59 Å². The summed E-state index contributed by atoms with van der Waals surface area (Å²) in [4.78, 5) is 24.6. The van der Waals surface area contributed by atoms with Gasteiger partial charge in [-0.25, -0.2) is 5.48 Å². The summed E-state index contributed by atoms with van der Waals surface area (Å²) in [5.41, 5.74) is 2.73. The van der Waals surface area contributed by atoms with Crippen molar-refractivity contribution in [3.63, 3.8) is 0 Å². The molecule has 0 bridgehead atoms. The van der Waals surface area contributed by atoms with Crippen LogP contribution < -0.4 is 10.2 Å². The van der Waals surface area contributed by atoms with Crippen LogP contribution in [0.3, 0.4) is 0 Å². The second kappa shape index (κ2) is 5.27. The molecule has 1 heterocycles. The zero-order chi connectivity index (χ0) is 14.0. The third-order valence-corrected chi connectivity index (χ3v) is 3.04. The molecule has 6 heteroatoms. The Morgan fingerprint density at radius 1 is 1.47 bits per heavy atom. The Balaban J connectivity index is 2.35. The Labute approximate surface area is 110 Å². The number of carbonyl (C=O) groups is 2. The van der Waals surface area contributed by atoms with Crippen molar-refractivity contribution in [1.29, 1.82) is 0 Å². The smallest absolute Gasteiger partial charge is 0.274 e. The van der Waals surface area contributed by atoms with Crippen molar-refractivity contribution in [3.8, 4) is 5.75 Å². The van der Waals surface area contributed by atoms with E-state index in [4.69, 9.17) is 9.94 Å². The van der Waals surface area contributed by atoms with Crippen molar-refractivity contribution in [1.82, 2.24) is 10.4 Å². The topological polar surface area (TPSA) is 78.9 Å². The second-order valence-electron chi connectivity index (χ2n) is 4.59. The lowest BCUT2D eigenvalue weighted by molar-refractivity contribution is -0.130. The molecule has 1 aliphatic heterocycles. The molecule has 6 nitrogen and oxygen atoms in total. The molecule has 0 spiro atoms. The van der Waals surface area contributed by atoms with Crippen LogP contribution in [-0.4, -0.2) is 34.6 Å². The average molecular weight is 264 g/mol. The highest BCUT2D eigenvalue weighted by molar-refractivity contribution is 5.93. The van der Waals surface area contributed by atoms with E-state index in [1.807, 2.05) is 6.92 Å². The maximum absolute atomic E-state index is 11.5. The highest BCUT2D eigenvalue weighted by atomic mass is 16.5. The Morgan fingerprint density at radius 3 is 2.84 bits per heavy atom. The van der Waals surface area contributed by atoms with Crippen molar-refractivity contribution in [2.24, 2.45) is 0 Å². The number of hydrogen-bond donors (Lipinski definition) is 2. The summed E-state index contributed by atoms with van der Waals surface area (Å²) in [6.45, 7) is 4.34. The third-order valence-electron chi connectivity index (χ3n) is 3.04. The van der Waals surface area contributed by atoms with Crippen LogP contribution in [0.15, 0.2) is 18.2 Å². The maximum Gasteiger partial charge on any atom is 0.274 e. The normalized spacial score (nSPS) is 18.1. The Bertz CT molecular complexity index is 515. The van der Waals surface area contributed by atoms with Crippen LogP contribution in [0, 0.1) is 0 Å².